The molecule has 1 heterocycles. The smallest absolute Gasteiger partial charge is 0.414 e. The lowest BCUT2D eigenvalue weighted by Gasteiger charge is -2.26. The molecule has 0 amide bonds. The molecule has 0 atom stereocenters. The van der Waals surface area contributed by atoms with Crippen LogP contribution in [0.15, 0.2) is 22.7 Å². The van der Waals surface area contributed by atoms with E-state index >= 15 is 0 Å². The van der Waals surface area contributed by atoms with Gasteiger partial charge in [0.2, 0.25) is 0 Å². The maximum atomic E-state index is 9.10. The summed E-state index contributed by atoms with van der Waals surface area (Å²) in [6, 6.07) is 5.71. The van der Waals surface area contributed by atoms with Crippen molar-refractivity contribution in [1.82, 2.24) is 4.90 Å². The average Bonchev–Trinajstić information content (AvgIpc) is 2.51. The maximum Gasteiger partial charge on any atom is 0.414 e. The standard InChI is InChI=1S/C13H17BrClNO.C2H2O4/c14-11-4-5-13(12(15)10-11)17-9-8-16-6-2-1-3-7-16;3-1(4)2(5)6/h4-5,10H,1-3,6-9H2;(H,3,4)(H,5,6). The van der Waals surface area contributed by atoms with Gasteiger partial charge in [-0.1, -0.05) is 34.0 Å². The van der Waals surface area contributed by atoms with Crippen LogP contribution in [0.4, 0.5) is 0 Å². The first kappa shape index (κ1) is 19.7. The third-order valence-electron chi connectivity index (χ3n) is 3.19. The molecule has 2 N–H and O–H groups in total. The molecule has 0 unspecified atom stereocenters. The fraction of sp³-hybridized carbons (Fsp3) is 0.467. The summed E-state index contributed by atoms with van der Waals surface area (Å²) in [7, 11) is 0. The van der Waals surface area contributed by atoms with Crippen molar-refractivity contribution in [2.75, 3.05) is 26.2 Å². The first-order valence-corrected chi connectivity index (χ1v) is 8.33. The average molecular weight is 409 g/mol. The van der Waals surface area contributed by atoms with Gasteiger partial charge in [-0.15, -0.1) is 0 Å². The molecule has 1 saturated heterocycles. The predicted molar refractivity (Wildman–Crippen MR) is 90.2 cm³/mol. The van der Waals surface area contributed by atoms with E-state index in [-0.39, 0.29) is 0 Å². The van der Waals surface area contributed by atoms with Crippen LogP contribution < -0.4 is 4.74 Å². The Hall–Kier alpha value is -1.31. The number of piperidine rings is 1. The summed E-state index contributed by atoms with van der Waals surface area (Å²) in [4.78, 5) is 20.7. The van der Waals surface area contributed by atoms with Gasteiger partial charge in [0.15, 0.2) is 0 Å². The molecule has 0 aromatic heterocycles. The van der Waals surface area contributed by atoms with Gasteiger partial charge in [-0.25, -0.2) is 9.59 Å². The zero-order valence-corrected chi connectivity index (χ0v) is 14.8. The van der Waals surface area contributed by atoms with Crippen molar-refractivity contribution < 1.29 is 24.5 Å². The normalized spacial score (nSPS) is 14.5. The second-order valence-corrected chi connectivity index (χ2v) is 6.26. The summed E-state index contributed by atoms with van der Waals surface area (Å²) in [5, 5.41) is 15.4. The van der Waals surface area contributed by atoms with Gasteiger partial charge in [-0.3, -0.25) is 4.90 Å². The number of aliphatic carboxylic acids is 2. The number of hydrogen-bond donors (Lipinski definition) is 2. The maximum absolute atomic E-state index is 9.10. The molecule has 128 valence electrons. The quantitative estimate of drug-likeness (QED) is 0.744. The van der Waals surface area contributed by atoms with Crippen LogP contribution in [-0.2, 0) is 9.59 Å². The van der Waals surface area contributed by atoms with Crippen molar-refractivity contribution >= 4 is 39.5 Å². The highest BCUT2D eigenvalue weighted by Crippen LogP contribution is 2.27. The van der Waals surface area contributed by atoms with Crippen LogP contribution in [-0.4, -0.2) is 53.3 Å². The minimum absolute atomic E-state index is 0.665. The van der Waals surface area contributed by atoms with Crippen molar-refractivity contribution in [3.63, 3.8) is 0 Å². The lowest BCUT2D eigenvalue weighted by Crippen LogP contribution is -2.33. The molecule has 1 fully saturated rings. The van der Waals surface area contributed by atoms with Gasteiger partial charge in [-0.2, -0.15) is 0 Å². The molecule has 1 aliphatic heterocycles. The van der Waals surface area contributed by atoms with E-state index in [2.05, 4.69) is 20.8 Å². The van der Waals surface area contributed by atoms with E-state index in [0.717, 1.165) is 16.8 Å². The van der Waals surface area contributed by atoms with Gasteiger partial charge in [0.25, 0.3) is 0 Å². The number of likely N-dealkylation sites (tertiary alicyclic amines) is 1. The van der Waals surface area contributed by atoms with E-state index in [1.54, 1.807) is 0 Å². The van der Waals surface area contributed by atoms with Crippen LogP contribution in [0.5, 0.6) is 5.75 Å². The molecule has 0 spiro atoms. The third kappa shape index (κ3) is 8.20. The Bertz CT molecular complexity index is 523. The van der Waals surface area contributed by atoms with Gasteiger partial charge in [0.1, 0.15) is 12.4 Å². The van der Waals surface area contributed by atoms with E-state index in [1.807, 2.05) is 18.2 Å². The lowest BCUT2D eigenvalue weighted by atomic mass is 10.1. The highest BCUT2D eigenvalue weighted by atomic mass is 79.9. The van der Waals surface area contributed by atoms with Gasteiger partial charge in [-0.05, 0) is 44.1 Å². The minimum atomic E-state index is -1.82. The number of rotatable bonds is 4. The van der Waals surface area contributed by atoms with Gasteiger partial charge in [0.05, 0.1) is 5.02 Å². The summed E-state index contributed by atoms with van der Waals surface area (Å²) in [5.41, 5.74) is 0. The highest BCUT2D eigenvalue weighted by Gasteiger charge is 2.10. The van der Waals surface area contributed by atoms with Crippen LogP contribution in [0.25, 0.3) is 0 Å². The summed E-state index contributed by atoms with van der Waals surface area (Å²) in [6.45, 7) is 4.11. The monoisotopic (exact) mass is 407 g/mol. The fourth-order valence-electron chi connectivity index (χ4n) is 2.06. The summed E-state index contributed by atoms with van der Waals surface area (Å²) >= 11 is 9.46. The summed E-state index contributed by atoms with van der Waals surface area (Å²) in [5.74, 6) is -2.88. The molecule has 0 bridgehead atoms. The Morgan fingerprint density at radius 3 is 2.30 bits per heavy atom. The van der Waals surface area contributed by atoms with Crippen molar-refractivity contribution in [3.05, 3.63) is 27.7 Å². The van der Waals surface area contributed by atoms with E-state index in [0.29, 0.717) is 11.6 Å². The molecule has 6 nitrogen and oxygen atoms in total. The van der Waals surface area contributed by atoms with E-state index in [1.165, 1.54) is 32.4 Å². The van der Waals surface area contributed by atoms with E-state index in [4.69, 9.17) is 36.1 Å². The summed E-state index contributed by atoms with van der Waals surface area (Å²) < 4.78 is 6.68. The van der Waals surface area contributed by atoms with Crippen molar-refractivity contribution in [1.29, 1.82) is 0 Å². The zero-order chi connectivity index (χ0) is 17.2. The molecule has 1 aromatic rings. The Morgan fingerprint density at radius 1 is 1.17 bits per heavy atom. The summed E-state index contributed by atoms with van der Waals surface area (Å²) in [6.07, 6.45) is 4.01. The second-order valence-electron chi connectivity index (χ2n) is 4.94. The molecule has 1 aliphatic rings. The first-order chi connectivity index (χ1) is 10.9. The van der Waals surface area contributed by atoms with Crippen LogP contribution in [0.1, 0.15) is 19.3 Å². The molecule has 8 heteroatoms. The fourth-order valence-corrected chi connectivity index (χ4v) is 2.79. The number of nitrogens with zero attached hydrogens (tertiary/aromatic N) is 1. The Morgan fingerprint density at radius 2 is 1.78 bits per heavy atom. The van der Waals surface area contributed by atoms with Gasteiger partial charge >= 0.3 is 11.9 Å². The number of ether oxygens (including phenoxy) is 1. The number of carboxylic acids is 2. The minimum Gasteiger partial charge on any atom is -0.491 e. The van der Waals surface area contributed by atoms with E-state index < -0.39 is 11.9 Å². The number of halogens is 2. The highest BCUT2D eigenvalue weighted by molar-refractivity contribution is 9.10. The molecule has 0 radical (unpaired) electrons. The molecule has 0 aliphatic carbocycles. The number of benzene rings is 1. The van der Waals surface area contributed by atoms with E-state index in [9.17, 15) is 0 Å². The molecule has 23 heavy (non-hydrogen) atoms. The van der Waals surface area contributed by atoms with Gasteiger partial charge < -0.3 is 14.9 Å². The Balaban J connectivity index is 0.000000379. The Kier molecular flexibility index (Phi) is 8.98. The van der Waals surface area contributed by atoms with Crippen LogP contribution in [0.2, 0.25) is 5.02 Å². The first-order valence-electron chi connectivity index (χ1n) is 7.16. The predicted octanol–water partition coefficient (Wildman–Crippen LogP) is 3.12. The van der Waals surface area contributed by atoms with Crippen molar-refractivity contribution in [2.45, 2.75) is 19.3 Å². The van der Waals surface area contributed by atoms with Gasteiger partial charge in [0, 0.05) is 11.0 Å². The van der Waals surface area contributed by atoms with Crippen LogP contribution in [0.3, 0.4) is 0 Å². The molecule has 2 rings (SSSR count). The molecule has 0 saturated carbocycles. The number of carbonyl (C=O) groups is 2. The third-order valence-corrected chi connectivity index (χ3v) is 3.98. The van der Waals surface area contributed by atoms with Crippen LogP contribution >= 0.6 is 27.5 Å². The second kappa shape index (κ2) is 10.5. The topological polar surface area (TPSA) is 87.1 Å². The van der Waals surface area contributed by atoms with Crippen molar-refractivity contribution in [2.24, 2.45) is 0 Å². The molecular formula is C15H19BrClNO5. The molecular weight excluding hydrogens is 390 g/mol. The number of carboxylic acid groups (broad SMARTS) is 2. The zero-order valence-electron chi connectivity index (χ0n) is 12.5. The van der Waals surface area contributed by atoms with Crippen LogP contribution in [0, 0.1) is 0 Å². The largest absolute Gasteiger partial charge is 0.491 e. The van der Waals surface area contributed by atoms with Crippen molar-refractivity contribution in [3.8, 4) is 5.75 Å². The SMILES string of the molecule is Clc1cc(Br)ccc1OCCN1CCCCC1.O=C(O)C(=O)O. The Labute approximate surface area is 148 Å². The molecule has 1 aromatic carbocycles. The number of hydrogen-bond acceptors (Lipinski definition) is 4. The lowest BCUT2D eigenvalue weighted by molar-refractivity contribution is -0.159.